The van der Waals surface area contributed by atoms with Crippen LogP contribution in [0.5, 0.6) is 0 Å². The van der Waals surface area contributed by atoms with E-state index in [4.69, 9.17) is 0 Å². The average molecular weight is 340 g/mol. The molecule has 0 saturated heterocycles. The van der Waals surface area contributed by atoms with E-state index in [2.05, 4.69) is 10.6 Å². The first-order valence-corrected chi connectivity index (χ1v) is 8.39. The van der Waals surface area contributed by atoms with E-state index in [9.17, 15) is 14.7 Å². The fraction of sp³-hybridized carbons (Fsp3) is 0.300. The average Bonchev–Trinajstić information content (AvgIpc) is 2.61. The van der Waals surface area contributed by atoms with Crippen LogP contribution in [0.15, 0.2) is 48.5 Å². The van der Waals surface area contributed by atoms with Crippen molar-refractivity contribution in [2.45, 2.75) is 39.3 Å². The summed E-state index contributed by atoms with van der Waals surface area (Å²) in [7, 11) is 0. The second-order valence-corrected chi connectivity index (χ2v) is 5.97. The van der Waals surface area contributed by atoms with E-state index in [1.54, 1.807) is 0 Å². The fourth-order valence-corrected chi connectivity index (χ4v) is 2.66. The van der Waals surface area contributed by atoms with Gasteiger partial charge in [-0.05, 0) is 30.0 Å². The lowest BCUT2D eigenvalue weighted by Crippen LogP contribution is -2.39. The third kappa shape index (κ3) is 5.43. The van der Waals surface area contributed by atoms with Crippen LogP contribution in [0.3, 0.4) is 0 Å². The van der Waals surface area contributed by atoms with Gasteiger partial charge in [-0.25, -0.2) is 0 Å². The van der Waals surface area contributed by atoms with Crippen molar-refractivity contribution in [2.75, 3.05) is 5.32 Å². The summed E-state index contributed by atoms with van der Waals surface area (Å²) in [6.45, 7) is 4.35. The lowest BCUT2D eigenvalue weighted by atomic mass is 10.1. The highest BCUT2D eigenvalue weighted by molar-refractivity contribution is 5.95. The van der Waals surface area contributed by atoms with Crippen LogP contribution in [-0.2, 0) is 22.6 Å². The van der Waals surface area contributed by atoms with Gasteiger partial charge in [0.05, 0.1) is 6.42 Å². The molecule has 0 aliphatic rings. The maximum atomic E-state index is 12.3. The Bertz CT molecular complexity index is 729. The molecule has 2 aromatic carbocycles. The van der Waals surface area contributed by atoms with Gasteiger partial charge >= 0.3 is 5.97 Å². The Hall–Kier alpha value is -2.66. The predicted molar refractivity (Wildman–Crippen MR) is 98.5 cm³/mol. The summed E-state index contributed by atoms with van der Waals surface area (Å²) in [5.74, 6) is -1.34. The number of para-hydroxylation sites is 1. The smallest absolute Gasteiger partial charge is 0.321 e. The van der Waals surface area contributed by atoms with Crippen molar-refractivity contribution < 1.29 is 14.7 Å². The van der Waals surface area contributed by atoms with Gasteiger partial charge in [0.2, 0.25) is 5.91 Å². The monoisotopic (exact) mass is 340 g/mol. The van der Waals surface area contributed by atoms with Crippen molar-refractivity contribution in [1.29, 1.82) is 0 Å². The normalized spacial score (nSPS) is 11.8. The largest absolute Gasteiger partial charge is 0.480 e. The zero-order valence-electron chi connectivity index (χ0n) is 14.6. The van der Waals surface area contributed by atoms with Gasteiger partial charge in [0, 0.05) is 12.2 Å². The summed E-state index contributed by atoms with van der Waals surface area (Å²) in [5.41, 5.74) is 3.76. The number of aryl methyl sites for hydroxylation is 2. The highest BCUT2D eigenvalue weighted by Crippen LogP contribution is 2.21. The molecule has 0 heterocycles. The molecule has 0 bridgehead atoms. The Morgan fingerprint density at radius 2 is 1.80 bits per heavy atom. The third-order valence-corrected chi connectivity index (χ3v) is 4.09. The van der Waals surface area contributed by atoms with Gasteiger partial charge in [-0.2, -0.15) is 0 Å². The van der Waals surface area contributed by atoms with Crippen molar-refractivity contribution >= 4 is 17.6 Å². The summed E-state index contributed by atoms with van der Waals surface area (Å²) in [6, 6.07) is 14.4. The third-order valence-electron chi connectivity index (χ3n) is 4.09. The molecule has 3 N–H and O–H groups in total. The van der Waals surface area contributed by atoms with Crippen molar-refractivity contribution in [2.24, 2.45) is 0 Å². The Kier molecular flexibility index (Phi) is 6.71. The number of rotatable bonds is 8. The SMILES string of the molecule is CCc1cccc(C)c1NC(=O)CC(NCc1ccccc1)C(=O)O. The number of carboxylic acid groups (broad SMARTS) is 1. The molecule has 132 valence electrons. The molecule has 0 radical (unpaired) electrons. The van der Waals surface area contributed by atoms with E-state index in [0.717, 1.165) is 28.8 Å². The summed E-state index contributed by atoms with van der Waals surface area (Å²) in [6.07, 6.45) is 0.672. The van der Waals surface area contributed by atoms with E-state index >= 15 is 0 Å². The highest BCUT2D eigenvalue weighted by Gasteiger charge is 2.21. The molecule has 1 unspecified atom stereocenters. The lowest BCUT2D eigenvalue weighted by molar-refractivity contribution is -0.141. The number of anilines is 1. The van der Waals surface area contributed by atoms with Crippen molar-refractivity contribution in [1.82, 2.24) is 5.32 Å². The number of carbonyl (C=O) groups is 2. The van der Waals surface area contributed by atoms with Crippen LogP contribution in [0, 0.1) is 6.92 Å². The minimum Gasteiger partial charge on any atom is -0.480 e. The number of benzene rings is 2. The van der Waals surface area contributed by atoms with Gasteiger partial charge < -0.3 is 10.4 Å². The van der Waals surface area contributed by atoms with Crippen LogP contribution in [0.2, 0.25) is 0 Å². The number of carbonyl (C=O) groups excluding carboxylic acids is 1. The Morgan fingerprint density at radius 1 is 1.08 bits per heavy atom. The maximum absolute atomic E-state index is 12.3. The molecular weight excluding hydrogens is 316 g/mol. The molecule has 1 atom stereocenters. The second kappa shape index (κ2) is 8.99. The molecule has 1 amide bonds. The Morgan fingerprint density at radius 3 is 2.44 bits per heavy atom. The fourth-order valence-electron chi connectivity index (χ4n) is 2.66. The first-order chi connectivity index (χ1) is 12.0. The first-order valence-electron chi connectivity index (χ1n) is 8.39. The van der Waals surface area contributed by atoms with Crippen LogP contribution in [-0.4, -0.2) is 23.0 Å². The summed E-state index contributed by atoms with van der Waals surface area (Å²) in [5, 5.41) is 15.2. The molecule has 2 aromatic rings. The van der Waals surface area contributed by atoms with Gasteiger partial charge in [-0.3, -0.25) is 14.9 Å². The van der Waals surface area contributed by atoms with Gasteiger partial charge in [-0.1, -0.05) is 55.5 Å². The van der Waals surface area contributed by atoms with E-state index in [1.807, 2.05) is 62.4 Å². The van der Waals surface area contributed by atoms with E-state index in [1.165, 1.54) is 0 Å². The number of nitrogens with one attached hydrogen (secondary N) is 2. The van der Waals surface area contributed by atoms with Crippen LogP contribution >= 0.6 is 0 Å². The van der Waals surface area contributed by atoms with E-state index in [0.29, 0.717) is 6.54 Å². The lowest BCUT2D eigenvalue weighted by Gasteiger charge is -2.17. The quantitative estimate of drug-likeness (QED) is 0.690. The topological polar surface area (TPSA) is 78.4 Å². The van der Waals surface area contributed by atoms with Crippen LogP contribution in [0.25, 0.3) is 0 Å². The highest BCUT2D eigenvalue weighted by atomic mass is 16.4. The standard InChI is InChI=1S/C20H24N2O3/c1-3-16-11-7-8-14(2)19(16)22-18(23)12-17(20(24)25)21-13-15-9-5-4-6-10-15/h4-11,17,21H,3,12-13H2,1-2H3,(H,22,23)(H,24,25). The maximum Gasteiger partial charge on any atom is 0.321 e. The number of carboxylic acids is 1. The molecule has 0 fully saturated rings. The van der Waals surface area contributed by atoms with Crippen molar-refractivity contribution in [3.63, 3.8) is 0 Å². The van der Waals surface area contributed by atoms with Gasteiger partial charge in [0.25, 0.3) is 0 Å². The predicted octanol–water partition coefficient (Wildman–Crippen LogP) is 3.13. The van der Waals surface area contributed by atoms with E-state index in [-0.39, 0.29) is 12.3 Å². The Balaban J connectivity index is 2.00. The molecule has 0 aromatic heterocycles. The zero-order chi connectivity index (χ0) is 18.2. The summed E-state index contributed by atoms with van der Waals surface area (Å²) in [4.78, 5) is 23.8. The second-order valence-electron chi connectivity index (χ2n) is 5.97. The van der Waals surface area contributed by atoms with Crippen molar-refractivity contribution in [3.05, 3.63) is 65.2 Å². The summed E-state index contributed by atoms with van der Waals surface area (Å²) >= 11 is 0. The number of hydrogen-bond donors (Lipinski definition) is 3. The van der Waals surface area contributed by atoms with Crippen molar-refractivity contribution in [3.8, 4) is 0 Å². The first kappa shape index (κ1) is 18.7. The van der Waals surface area contributed by atoms with Crippen LogP contribution in [0.4, 0.5) is 5.69 Å². The summed E-state index contributed by atoms with van der Waals surface area (Å²) < 4.78 is 0. The minimum absolute atomic E-state index is 0.125. The van der Waals surface area contributed by atoms with E-state index < -0.39 is 12.0 Å². The van der Waals surface area contributed by atoms with Gasteiger partial charge in [0.1, 0.15) is 6.04 Å². The zero-order valence-corrected chi connectivity index (χ0v) is 14.6. The van der Waals surface area contributed by atoms with Crippen LogP contribution in [0.1, 0.15) is 30.0 Å². The molecule has 5 heteroatoms. The molecule has 0 aliphatic heterocycles. The molecule has 2 rings (SSSR count). The molecule has 0 aliphatic carbocycles. The molecular formula is C20H24N2O3. The molecule has 25 heavy (non-hydrogen) atoms. The minimum atomic E-state index is -1.04. The Labute approximate surface area is 148 Å². The van der Waals surface area contributed by atoms with Gasteiger partial charge in [-0.15, -0.1) is 0 Å². The van der Waals surface area contributed by atoms with Gasteiger partial charge in [0.15, 0.2) is 0 Å². The van der Waals surface area contributed by atoms with Crippen LogP contribution < -0.4 is 10.6 Å². The molecule has 0 saturated carbocycles. The number of aliphatic carboxylic acids is 1. The molecule has 5 nitrogen and oxygen atoms in total. The number of amides is 1. The number of hydrogen-bond acceptors (Lipinski definition) is 3. The molecule has 0 spiro atoms.